The molecule has 0 bridgehead atoms. The number of hydrogen-bond acceptors (Lipinski definition) is 4. The first-order chi connectivity index (χ1) is 12.1. The van der Waals surface area contributed by atoms with Gasteiger partial charge in [0.15, 0.2) is 11.9 Å². The van der Waals surface area contributed by atoms with Gasteiger partial charge in [-0.05, 0) is 63.8 Å². The van der Waals surface area contributed by atoms with Gasteiger partial charge in [0.25, 0.3) is 0 Å². The van der Waals surface area contributed by atoms with E-state index in [9.17, 15) is 14.4 Å². The maximum atomic E-state index is 12.6. The molecule has 0 aliphatic heterocycles. The van der Waals surface area contributed by atoms with Crippen LogP contribution in [0, 0.1) is 27.7 Å². The Balaban J connectivity index is 2.09. The first-order valence-electron chi connectivity index (χ1n) is 8.61. The van der Waals surface area contributed by atoms with Gasteiger partial charge in [-0.2, -0.15) is 0 Å². The summed E-state index contributed by atoms with van der Waals surface area (Å²) in [5.41, 5.74) is 5.19. The fraction of sp³-hybridized carbons (Fsp3) is 0.381. The summed E-state index contributed by atoms with van der Waals surface area (Å²) in [6.07, 6.45) is -0.814. The fourth-order valence-electron chi connectivity index (χ4n) is 3.10. The lowest BCUT2D eigenvalue weighted by Gasteiger charge is -2.13. The van der Waals surface area contributed by atoms with E-state index in [0.29, 0.717) is 22.5 Å². The van der Waals surface area contributed by atoms with E-state index in [0.717, 1.165) is 16.7 Å². The van der Waals surface area contributed by atoms with Crippen LogP contribution in [0.2, 0.25) is 0 Å². The molecule has 0 spiro atoms. The minimum Gasteiger partial charge on any atom is -0.454 e. The quantitative estimate of drug-likeness (QED) is 0.631. The Morgan fingerprint density at radius 3 is 2.27 bits per heavy atom. The molecule has 1 N–H and O–H groups in total. The molecule has 2 rings (SSSR count). The largest absolute Gasteiger partial charge is 0.454 e. The molecule has 0 aliphatic rings. The minimum absolute atomic E-state index is 0.102. The fourth-order valence-corrected chi connectivity index (χ4v) is 3.10. The summed E-state index contributed by atoms with van der Waals surface area (Å²) in [6, 6.07) is 5.79. The molecule has 1 aromatic heterocycles. The van der Waals surface area contributed by atoms with Crippen molar-refractivity contribution >= 4 is 17.5 Å². The third kappa shape index (κ3) is 4.10. The van der Waals surface area contributed by atoms with Crippen molar-refractivity contribution < 1.29 is 19.1 Å². The van der Waals surface area contributed by atoms with Crippen molar-refractivity contribution in [2.75, 3.05) is 0 Å². The Bertz CT molecular complexity index is 876. The molecule has 5 heteroatoms. The van der Waals surface area contributed by atoms with E-state index >= 15 is 0 Å². The molecule has 1 heterocycles. The highest BCUT2D eigenvalue weighted by molar-refractivity contribution is 6.05. The normalized spacial score (nSPS) is 11.9. The van der Waals surface area contributed by atoms with Crippen molar-refractivity contribution in [1.82, 2.24) is 4.98 Å². The Labute approximate surface area is 153 Å². The van der Waals surface area contributed by atoms with Crippen molar-refractivity contribution in [2.24, 2.45) is 0 Å². The van der Waals surface area contributed by atoms with Crippen molar-refractivity contribution in [1.29, 1.82) is 0 Å². The summed E-state index contributed by atoms with van der Waals surface area (Å²) in [7, 11) is 0. The lowest BCUT2D eigenvalue weighted by molar-refractivity contribution is -0.145. The number of ether oxygens (including phenoxy) is 1. The van der Waals surface area contributed by atoms with Gasteiger partial charge in [0.1, 0.15) is 0 Å². The second-order valence-electron chi connectivity index (χ2n) is 6.77. The van der Waals surface area contributed by atoms with Crippen molar-refractivity contribution in [3.05, 3.63) is 57.4 Å². The van der Waals surface area contributed by atoms with Crippen LogP contribution in [0.15, 0.2) is 18.2 Å². The lowest BCUT2D eigenvalue weighted by Crippen LogP contribution is -2.26. The highest BCUT2D eigenvalue weighted by atomic mass is 16.5. The average molecular weight is 355 g/mol. The molecule has 138 valence electrons. The Kier molecular flexibility index (Phi) is 5.80. The molecular weight excluding hydrogens is 330 g/mol. The number of aryl methyl sites for hydroxylation is 3. The molecular formula is C21H25NO4. The maximum absolute atomic E-state index is 12.6. The number of carbonyl (C=O) groups excluding carboxylic acids is 3. The number of Topliss-reactive ketones (excluding diaryl/α,β-unsaturated/α-hetero) is 2. The van der Waals surface area contributed by atoms with Crippen LogP contribution in [-0.2, 0) is 16.0 Å². The van der Waals surface area contributed by atoms with E-state index in [2.05, 4.69) is 4.98 Å². The lowest BCUT2D eigenvalue weighted by atomic mass is 10.0. The molecule has 5 nitrogen and oxygen atoms in total. The number of aromatic amines is 1. The van der Waals surface area contributed by atoms with E-state index < -0.39 is 12.1 Å². The summed E-state index contributed by atoms with van der Waals surface area (Å²) in [6.45, 7) is 10.5. The number of aromatic nitrogens is 1. The van der Waals surface area contributed by atoms with Crippen molar-refractivity contribution in [3.63, 3.8) is 0 Å². The zero-order valence-electron chi connectivity index (χ0n) is 16.1. The van der Waals surface area contributed by atoms with Gasteiger partial charge in [-0.15, -0.1) is 0 Å². The highest BCUT2D eigenvalue weighted by Gasteiger charge is 2.26. The second kappa shape index (κ2) is 7.68. The molecule has 0 saturated carbocycles. The number of carbonyl (C=O) groups is 3. The molecule has 1 atom stereocenters. The van der Waals surface area contributed by atoms with E-state index in [4.69, 9.17) is 4.74 Å². The van der Waals surface area contributed by atoms with E-state index in [1.54, 1.807) is 20.8 Å². The molecule has 0 saturated heterocycles. The smallest absolute Gasteiger partial charge is 0.310 e. The maximum Gasteiger partial charge on any atom is 0.310 e. The second-order valence-corrected chi connectivity index (χ2v) is 6.77. The van der Waals surface area contributed by atoms with Crippen molar-refractivity contribution in [3.8, 4) is 0 Å². The summed E-state index contributed by atoms with van der Waals surface area (Å²) in [4.78, 5) is 39.5. The van der Waals surface area contributed by atoms with Gasteiger partial charge < -0.3 is 9.72 Å². The van der Waals surface area contributed by atoms with Gasteiger partial charge in [-0.1, -0.05) is 18.2 Å². The van der Waals surface area contributed by atoms with Crippen LogP contribution in [0.4, 0.5) is 0 Å². The standard InChI is InChI=1S/C21H25NO4/c1-11-7-8-17(9-12(11)2)10-18(24)26-16(6)21(25)20-13(3)19(15(5)23)14(4)22-20/h7-9,16,22H,10H2,1-6H3/t16-/m0/s1. The molecule has 0 amide bonds. The zero-order valence-corrected chi connectivity index (χ0v) is 16.1. The van der Waals surface area contributed by atoms with E-state index in [1.165, 1.54) is 6.92 Å². The van der Waals surface area contributed by atoms with Crippen LogP contribution in [-0.4, -0.2) is 28.6 Å². The summed E-state index contributed by atoms with van der Waals surface area (Å²) in [5, 5.41) is 0. The summed E-state index contributed by atoms with van der Waals surface area (Å²) < 4.78 is 5.31. The molecule has 0 unspecified atom stereocenters. The SMILES string of the molecule is CC(=O)c1c(C)[nH]c(C(=O)[C@H](C)OC(=O)Cc2ccc(C)c(C)c2)c1C. The molecule has 2 aromatic rings. The van der Waals surface area contributed by atoms with Crippen LogP contribution in [0.1, 0.15) is 62.6 Å². The first kappa shape index (κ1) is 19.6. The van der Waals surface area contributed by atoms with Crippen molar-refractivity contribution in [2.45, 2.75) is 54.1 Å². The van der Waals surface area contributed by atoms with Gasteiger partial charge in [-0.25, -0.2) is 0 Å². The highest BCUT2D eigenvalue weighted by Crippen LogP contribution is 2.20. The number of H-pyrrole nitrogens is 1. The molecule has 0 aliphatic carbocycles. The topological polar surface area (TPSA) is 76.2 Å². The van der Waals surface area contributed by atoms with Crippen LogP contribution >= 0.6 is 0 Å². The van der Waals surface area contributed by atoms with E-state index in [-0.39, 0.29) is 18.0 Å². The predicted octanol–water partition coefficient (Wildman–Crippen LogP) is 3.81. The van der Waals surface area contributed by atoms with Gasteiger partial charge in [-0.3, -0.25) is 14.4 Å². The predicted molar refractivity (Wildman–Crippen MR) is 99.8 cm³/mol. The van der Waals surface area contributed by atoms with Gasteiger partial charge in [0.2, 0.25) is 5.78 Å². The molecule has 0 radical (unpaired) electrons. The summed E-state index contributed by atoms with van der Waals surface area (Å²) in [5.74, 6) is -0.900. The Morgan fingerprint density at radius 2 is 1.73 bits per heavy atom. The third-order valence-corrected chi connectivity index (χ3v) is 4.63. The number of benzene rings is 1. The number of nitrogens with one attached hydrogen (secondary N) is 1. The minimum atomic E-state index is -0.925. The molecule has 1 aromatic carbocycles. The van der Waals surface area contributed by atoms with Crippen LogP contribution in [0.3, 0.4) is 0 Å². The number of rotatable bonds is 6. The molecule has 0 fully saturated rings. The van der Waals surface area contributed by atoms with Gasteiger partial charge in [0, 0.05) is 11.3 Å². The zero-order chi connectivity index (χ0) is 19.6. The third-order valence-electron chi connectivity index (χ3n) is 4.63. The molecule has 26 heavy (non-hydrogen) atoms. The average Bonchev–Trinajstić information content (AvgIpc) is 2.84. The van der Waals surface area contributed by atoms with Crippen LogP contribution in [0.5, 0.6) is 0 Å². The van der Waals surface area contributed by atoms with E-state index in [1.807, 2.05) is 32.0 Å². The monoisotopic (exact) mass is 355 g/mol. The number of esters is 1. The first-order valence-corrected chi connectivity index (χ1v) is 8.61. The van der Waals surface area contributed by atoms with Gasteiger partial charge >= 0.3 is 5.97 Å². The Hall–Kier alpha value is -2.69. The Morgan fingerprint density at radius 1 is 1.08 bits per heavy atom. The van der Waals surface area contributed by atoms with Crippen LogP contribution < -0.4 is 0 Å². The number of ketones is 2. The van der Waals surface area contributed by atoms with Gasteiger partial charge in [0.05, 0.1) is 12.1 Å². The van der Waals surface area contributed by atoms with Crippen LogP contribution in [0.25, 0.3) is 0 Å². The number of hydrogen-bond donors (Lipinski definition) is 1. The summed E-state index contributed by atoms with van der Waals surface area (Å²) >= 11 is 0.